The fourth-order valence-corrected chi connectivity index (χ4v) is 2.98. The number of benzene rings is 1. The molecule has 1 aliphatic rings. The van der Waals surface area contributed by atoms with E-state index in [4.69, 9.17) is 0 Å². The Hall–Kier alpha value is -0.470. The third kappa shape index (κ3) is 3.53. The third-order valence-electron chi connectivity index (χ3n) is 3.16. The Bertz CT molecular complexity index is 301. The van der Waals surface area contributed by atoms with Crippen LogP contribution >= 0.6 is 11.8 Å². The van der Waals surface area contributed by atoms with Crippen LogP contribution in [0.4, 0.5) is 0 Å². The van der Waals surface area contributed by atoms with Crippen molar-refractivity contribution in [1.82, 2.24) is 5.32 Å². The van der Waals surface area contributed by atoms with Gasteiger partial charge in [-0.05, 0) is 61.7 Å². The third-order valence-corrected chi connectivity index (χ3v) is 4.05. The van der Waals surface area contributed by atoms with Gasteiger partial charge in [0.1, 0.15) is 0 Å². The van der Waals surface area contributed by atoms with E-state index in [-0.39, 0.29) is 0 Å². The molecule has 1 aliphatic heterocycles. The van der Waals surface area contributed by atoms with Gasteiger partial charge in [0, 0.05) is 4.90 Å². The van der Waals surface area contributed by atoms with Crippen LogP contribution in [0.3, 0.4) is 0 Å². The zero-order valence-corrected chi connectivity index (χ0v) is 10.9. The van der Waals surface area contributed by atoms with Crippen LogP contribution in [-0.2, 0) is 6.42 Å². The van der Waals surface area contributed by atoms with E-state index in [0.717, 1.165) is 11.7 Å². The number of thioether (sulfide) groups is 1. The van der Waals surface area contributed by atoms with Gasteiger partial charge in [0.25, 0.3) is 0 Å². The molecular formula is C14H21NS. The van der Waals surface area contributed by atoms with Crippen molar-refractivity contribution >= 4 is 11.8 Å². The van der Waals surface area contributed by atoms with Crippen LogP contribution in [0.15, 0.2) is 29.2 Å². The molecule has 0 amide bonds. The van der Waals surface area contributed by atoms with Crippen LogP contribution in [0.2, 0.25) is 0 Å². The van der Waals surface area contributed by atoms with Gasteiger partial charge in [0.15, 0.2) is 0 Å². The van der Waals surface area contributed by atoms with E-state index >= 15 is 0 Å². The van der Waals surface area contributed by atoms with E-state index in [1.165, 1.54) is 42.8 Å². The smallest absolute Gasteiger partial charge is 0.00720 e. The highest BCUT2D eigenvalue weighted by Crippen LogP contribution is 2.21. The normalized spacial score (nSPS) is 20.9. The predicted octanol–water partition coefficient (Wildman–Crippen LogP) is 3.34. The molecule has 1 heterocycles. The molecule has 0 aliphatic carbocycles. The van der Waals surface area contributed by atoms with E-state index in [1.807, 2.05) is 11.8 Å². The summed E-state index contributed by atoms with van der Waals surface area (Å²) in [5.41, 5.74) is 1.49. The maximum atomic E-state index is 3.48. The Morgan fingerprint density at radius 2 is 2.12 bits per heavy atom. The van der Waals surface area contributed by atoms with Crippen LogP contribution in [0.1, 0.15) is 25.3 Å². The lowest BCUT2D eigenvalue weighted by Crippen LogP contribution is -2.30. The second-order valence-corrected chi connectivity index (χ2v) is 5.83. The van der Waals surface area contributed by atoms with E-state index in [2.05, 4.69) is 36.5 Å². The van der Waals surface area contributed by atoms with Crippen molar-refractivity contribution in [3.63, 3.8) is 0 Å². The first kappa shape index (κ1) is 12.0. The summed E-state index contributed by atoms with van der Waals surface area (Å²) in [5.74, 6) is 2.00. The van der Waals surface area contributed by atoms with E-state index in [1.54, 1.807) is 0 Å². The second kappa shape index (κ2) is 6.31. The molecule has 0 radical (unpaired) electrons. The molecule has 2 rings (SSSR count). The zero-order chi connectivity index (χ0) is 11.2. The minimum Gasteiger partial charge on any atom is -0.316 e. The van der Waals surface area contributed by atoms with Crippen LogP contribution in [0.5, 0.6) is 0 Å². The summed E-state index contributed by atoms with van der Waals surface area (Å²) in [7, 11) is 0. The summed E-state index contributed by atoms with van der Waals surface area (Å²) < 4.78 is 0. The van der Waals surface area contributed by atoms with E-state index < -0.39 is 0 Å². The summed E-state index contributed by atoms with van der Waals surface area (Å²) in [6.45, 7) is 4.61. The van der Waals surface area contributed by atoms with Crippen LogP contribution < -0.4 is 5.32 Å². The van der Waals surface area contributed by atoms with Crippen molar-refractivity contribution in [3.8, 4) is 0 Å². The Morgan fingerprint density at radius 3 is 2.75 bits per heavy atom. The highest BCUT2D eigenvalue weighted by Gasteiger charge is 2.13. The Labute approximate surface area is 103 Å². The summed E-state index contributed by atoms with van der Waals surface area (Å²) >= 11 is 1.92. The topological polar surface area (TPSA) is 12.0 Å². The Morgan fingerprint density at radius 1 is 1.31 bits per heavy atom. The summed E-state index contributed by atoms with van der Waals surface area (Å²) in [4.78, 5) is 1.40. The SMILES string of the molecule is CCSc1ccc(CC2CCCNC2)cc1. The van der Waals surface area contributed by atoms with Gasteiger partial charge in [-0.1, -0.05) is 19.1 Å². The quantitative estimate of drug-likeness (QED) is 0.803. The van der Waals surface area contributed by atoms with Crippen molar-refractivity contribution in [1.29, 1.82) is 0 Å². The van der Waals surface area contributed by atoms with Gasteiger partial charge in [-0.15, -0.1) is 11.8 Å². The van der Waals surface area contributed by atoms with Gasteiger partial charge >= 0.3 is 0 Å². The molecule has 0 bridgehead atoms. The maximum Gasteiger partial charge on any atom is 0.00720 e. The molecule has 88 valence electrons. The van der Waals surface area contributed by atoms with Crippen LogP contribution in [-0.4, -0.2) is 18.8 Å². The molecule has 0 spiro atoms. The average molecular weight is 235 g/mol. The summed E-state index contributed by atoms with van der Waals surface area (Å²) in [6.07, 6.45) is 3.97. The molecule has 1 N–H and O–H groups in total. The number of nitrogens with one attached hydrogen (secondary N) is 1. The average Bonchev–Trinajstić information content (AvgIpc) is 2.33. The lowest BCUT2D eigenvalue weighted by atomic mass is 9.92. The molecule has 1 saturated heterocycles. The first-order valence-corrected chi connectivity index (χ1v) is 7.29. The van der Waals surface area contributed by atoms with E-state index in [9.17, 15) is 0 Å². The minimum atomic E-state index is 0.846. The van der Waals surface area contributed by atoms with Crippen molar-refractivity contribution in [2.24, 2.45) is 5.92 Å². The molecule has 1 aromatic carbocycles. The Balaban J connectivity index is 1.88. The fourth-order valence-electron chi connectivity index (χ4n) is 2.32. The minimum absolute atomic E-state index is 0.846. The largest absolute Gasteiger partial charge is 0.316 e. The lowest BCUT2D eigenvalue weighted by molar-refractivity contribution is 0.376. The zero-order valence-electron chi connectivity index (χ0n) is 10.0. The summed E-state index contributed by atoms with van der Waals surface area (Å²) in [5, 5.41) is 3.48. The fraction of sp³-hybridized carbons (Fsp3) is 0.571. The highest BCUT2D eigenvalue weighted by molar-refractivity contribution is 7.99. The van der Waals surface area contributed by atoms with Crippen molar-refractivity contribution < 1.29 is 0 Å². The highest BCUT2D eigenvalue weighted by atomic mass is 32.2. The molecule has 0 saturated carbocycles. The second-order valence-electron chi connectivity index (χ2n) is 4.49. The van der Waals surface area contributed by atoms with Crippen LogP contribution in [0.25, 0.3) is 0 Å². The maximum absolute atomic E-state index is 3.48. The molecule has 1 nitrogen and oxygen atoms in total. The first-order chi connectivity index (χ1) is 7.88. The Kier molecular flexibility index (Phi) is 4.73. The molecule has 2 heteroatoms. The van der Waals surface area contributed by atoms with Gasteiger partial charge in [0.05, 0.1) is 0 Å². The van der Waals surface area contributed by atoms with Gasteiger partial charge in [-0.2, -0.15) is 0 Å². The van der Waals surface area contributed by atoms with Crippen molar-refractivity contribution in [2.75, 3.05) is 18.8 Å². The van der Waals surface area contributed by atoms with Crippen molar-refractivity contribution in [3.05, 3.63) is 29.8 Å². The molecular weight excluding hydrogens is 214 g/mol. The molecule has 0 aromatic heterocycles. The number of hydrogen-bond donors (Lipinski definition) is 1. The van der Waals surface area contributed by atoms with Gasteiger partial charge in [-0.3, -0.25) is 0 Å². The standard InChI is InChI=1S/C14H21NS/c1-2-16-14-7-5-12(6-8-14)10-13-4-3-9-15-11-13/h5-8,13,15H,2-4,9-11H2,1H3. The molecule has 1 fully saturated rings. The number of hydrogen-bond acceptors (Lipinski definition) is 2. The first-order valence-electron chi connectivity index (χ1n) is 6.31. The van der Waals surface area contributed by atoms with Crippen LogP contribution in [0, 0.1) is 5.92 Å². The lowest BCUT2D eigenvalue weighted by Gasteiger charge is -2.22. The molecule has 1 aromatic rings. The van der Waals surface area contributed by atoms with E-state index in [0.29, 0.717) is 0 Å². The van der Waals surface area contributed by atoms with Gasteiger partial charge in [-0.25, -0.2) is 0 Å². The number of rotatable bonds is 4. The molecule has 16 heavy (non-hydrogen) atoms. The van der Waals surface area contributed by atoms with Gasteiger partial charge < -0.3 is 5.32 Å². The predicted molar refractivity (Wildman–Crippen MR) is 72.1 cm³/mol. The monoisotopic (exact) mass is 235 g/mol. The molecule has 1 unspecified atom stereocenters. The number of piperidine rings is 1. The summed E-state index contributed by atoms with van der Waals surface area (Å²) in [6, 6.07) is 9.12. The van der Waals surface area contributed by atoms with Gasteiger partial charge in [0.2, 0.25) is 0 Å². The van der Waals surface area contributed by atoms with Crippen molar-refractivity contribution in [2.45, 2.75) is 31.1 Å². The molecule has 1 atom stereocenters.